The van der Waals surface area contributed by atoms with Gasteiger partial charge in [-0.2, -0.15) is 0 Å². The smallest absolute Gasteiger partial charge is 0.0474 e. The summed E-state index contributed by atoms with van der Waals surface area (Å²) in [7, 11) is 0. The van der Waals surface area contributed by atoms with Crippen LogP contribution in [0.1, 0.15) is 18.2 Å². The minimum Gasteiger partial charge on any atom is -0.346 e. The first-order valence-corrected chi connectivity index (χ1v) is 5.64. The van der Waals surface area contributed by atoms with E-state index in [-0.39, 0.29) is 0 Å². The Morgan fingerprint density at radius 2 is 2.06 bits per heavy atom. The highest BCUT2D eigenvalue weighted by Gasteiger charge is 2.00. The SMILES string of the molecule is CCNCc1cccn1Cc1ccncc1. The molecule has 3 heteroatoms. The zero-order valence-electron chi connectivity index (χ0n) is 9.56. The molecule has 0 atom stereocenters. The van der Waals surface area contributed by atoms with Crippen LogP contribution in [-0.2, 0) is 13.1 Å². The Labute approximate surface area is 96.1 Å². The van der Waals surface area contributed by atoms with Crippen molar-refractivity contribution in [2.75, 3.05) is 6.54 Å². The van der Waals surface area contributed by atoms with Gasteiger partial charge in [0.2, 0.25) is 0 Å². The van der Waals surface area contributed by atoms with E-state index >= 15 is 0 Å². The molecule has 2 aromatic heterocycles. The van der Waals surface area contributed by atoms with Crippen molar-refractivity contribution in [1.82, 2.24) is 14.9 Å². The molecule has 16 heavy (non-hydrogen) atoms. The van der Waals surface area contributed by atoms with Gasteiger partial charge in [0.15, 0.2) is 0 Å². The van der Waals surface area contributed by atoms with E-state index < -0.39 is 0 Å². The fourth-order valence-corrected chi connectivity index (χ4v) is 1.70. The predicted molar refractivity (Wildman–Crippen MR) is 65.2 cm³/mol. The quantitative estimate of drug-likeness (QED) is 0.827. The van der Waals surface area contributed by atoms with Crippen LogP contribution in [0.5, 0.6) is 0 Å². The lowest BCUT2D eigenvalue weighted by atomic mass is 10.2. The minimum atomic E-state index is 0.913. The molecule has 0 aliphatic rings. The van der Waals surface area contributed by atoms with Crippen LogP contribution in [0.4, 0.5) is 0 Å². The van der Waals surface area contributed by atoms with E-state index in [1.165, 1.54) is 11.3 Å². The first kappa shape index (κ1) is 10.9. The summed E-state index contributed by atoms with van der Waals surface area (Å²) in [5.74, 6) is 0. The van der Waals surface area contributed by atoms with Crippen LogP contribution in [0.15, 0.2) is 42.9 Å². The molecule has 3 nitrogen and oxygen atoms in total. The molecule has 1 N–H and O–H groups in total. The number of aromatic nitrogens is 2. The van der Waals surface area contributed by atoms with E-state index in [9.17, 15) is 0 Å². The third-order valence-electron chi connectivity index (χ3n) is 2.58. The molecular weight excluding hydrogens is 198 g/mol. The van der Waals surface area contributed by atoms with Crippen LogP contribution in [0.25, 0.3) is 0 Å². The molecule has 0 unspecified atom stereocenters. The summed E-state index contributed by atoms with van der Waals surface area (Å²) in [6, 6.07) is 8.35. The minimum absolute atomic E-state index is 0.913. The van der Waals surface area contributed by atoms with Crippen LogP contribution in [-0.4, -0.2) is 16.1 Å². The number of rotatable bonds is 5. The summed E-state index contributed by atoms with van der Waals surface area (Å²) in [4.78, 5) is 4.03. The van der Waals surface area contributed by atoms with Gasteiger partial charge >= 0.3 is 0 Å². The Bertz CT molecular complexity index is 420. The summed E-state index contributed by atoms with van der Waals surface area (Å²) in [5, 5.41) is 3.34. The van der Waals surface area contributed by atoms with Crippen molar-refractivity contribution in [3.05, 3.63) is 54.1 Å². The van der Waals surface area contributed by atoms with E-state index in [0.717, 1.165) is 19.6 Å². The van der Waals surface area contributed by atoms with Gasteiger partial charge in [-0.25, -0.2) is 0 Å². The van der Waals surface area contributed by atoms with Crippen molar-refractivity contribution in [3.8, 4) is 0 Å². The van der Waals surface area contributed by atoms with Crippen LogP contribution in [0.2, 0.25) is 0 Å². The topological polar surface area (TPSA) is 29.9 Å². The van der Waals surface area contributed by atoms with E-state index in [0.29, 0.717) is 0 Å². The molecule has 2 aromatic rings. The van der Waals surface area contributed by atoms with Gasteiger partial charge in [0.1, 0.15) is 0 Å². The van der Waals surface area contributed by atoms with Crippen molar-refractivity contribution in [2.24, 2.45) is 0 Å². The highest BCUT2D eigenvalue weighted by Crippen LogP contribution is 2.06. The van der Waals surface area contributed by atoms with E-state index in [1.54, 1.807) is 0 Å². The molecular formula is C13H17N3. The second-order valence-electron chi connectivity index (χ2n) is 3.76. The zero-order valence-corrected chi connectivity index (χ0v) is 9.56. The van der Waals surface area contributed by atoms with Crippen molar-refractivity contribution in [2.45, 2.75) is 20.0 Å². The molecule has 0 aliphatic carbocycles. The zero-order chi connectivity index (χ0) is 11.2. The maximum atomic E-state index is 4.03. The summed E-state index contributed by atoms with van der Waals surface area (Å²) < 4.78 is 2.26. The molecule has 2 heterocycles. The maximum absolute atomic E-state index is 4.03. The highest BCUT2D eigenvalue weighted by molar-refractivity contribution is 5.14. The third-order valence-corrected chi connectivity index (χ3v) is 2.58. The van der Waals surface area contributed by atoms with E-state index in [1.807, 2.05) is 12.4 Å². The van der Waals surface area contributed by atoms with Gasteiger partial charge in [0.25, 0.3) is 0 Å². The Kier molecular flexibility index (Phi) is 3.72. The molecule has 0 aromatic carbocycles. The Hall–Kier alpha value is -1.61. The van der Waals surface area contributed by atoms with E-state index in [2.05, 4.69) is 52.3 Å². The van der Waals surface area contributed by atoms with E-state index in [4.69, 9.17) is 0 Å². The molecule has 2 rings (SSSR count). The summed E-state index contributed by atoms with van der Waals surface area (Å²) in [5.41, 5.74) is 2.60. The number of nitrogens with one attached hydrogen (secondary N) is 1. The Morgan fingerprint density at radius 1 is 1.25 bits per heavy atom. The van der Waals surface area contributed by atoms with Crippen molar-refractivity contribution in [1.29, 1.82) is 0 Å². The summed E-state index contributed by atoms with van der Waals surface area (Å²) in [6.07, 6.45) is 5.79. The molecule has 0 spiro atoms. The maximum Gasteiger partial charge on any atom is 0.0474 e. The number of hydrogen-bond acceptors (Lipinski definition) is 2. The van der Waals surface area contributed by atoms with Gasteiger partial charge in [-0.05, 0) is 36.4 Å². The van der Waals surface area contributed by atoms with Gasteiger partial charge in [0, 0.05) is 37.4 Å². The molecule has 84 valence electrons. The third kappa shape index (κ3) is 2.70. The van der Waals surface area contributed by atoms with Crippen LogP contribution < -0.4 is 5.32 Å². The average molecular weight is 215 g/mol. The largest absolute Gasteiger partial charge is 0.346 e. The number of nitrogens with zero attached hydrogens (tertiary/aromatic N) is 2. The lowest BCUT2D eigenvalue weighted by molar-refractivity contribution is 0.657. The second-order valence-corrected chi connectivity index (χ2v) is 3.76. The van der Waals surface area contributed by atoms with Gasteiger partial charge in [-0.3, -0.25) is 4.98 Å². The average Bonchev–Trinajstić information content (AvgIpc) is 2.75. The molecule has 0 saturated carbocycles. The Balaban J connectivity index is 2.07. The van der Waals surface area contributed by atoms with Crippen molar-refractivity contribution < 1.29 is 0 Å². The molecule has 0 bridgehead atoms. The summed E-state index contributed by atoms with van der Waals surface area (Å²) in [6.45, 7) is 4.96. The number of pyridine rings is 1. The van der Waals surface area contributed by atoms with Crippen molar-refractivity contribution in [3.63, 3.8) is 0 Å². The van der Waals surface area contributed by atoms with Crippen LogP contribution in [0, 0.1) is 0 Å². The van der Waals surface area contributed by atoms with Crippen molar-refractivity contribution >= 4 is 0 Å². The monoisotopic (exact) mass is 215 g/mol. The lowest BCUT2D eigenvalue weighted by Gasteiger charge is -2.09. The van der Waals surface area contributed by atoms with Gasteiger partial charge in [-0.15, -0.1) is 0 Å². The van der Waals surface area contributed by atoms with Crippen LogP contribution >= 0.6 is 0 Å². The Morgan fingerprint density at radius 3 is 2.81 bits per heavy atom. The standard InChI is InChI=1S/C13H17N3/c1-2-14-10-13-4-3-9-16(13)11-12-5-7-15-8-6-12/h3-9,14H,2,10-11H2,1H3. The van der Waals surface area contributed by atoms with Gasteiger partial charge in [-0.1, -0.05) is 6.92 Å². The normalized spacial score (nSPS) is 10.6. The number of hydrogen-bond donors (Lipinski definition) is 1. The van der Waals surface area contributed by atoms with Gasteiger partial charge < -0.3 is 9.88 Å². The highest BCUT2D eigenvalue weighted by atomic mass is 15.0. The molecule has 0 aliphatic heterocycles. The lowest BCUT2D eigenvalue weighted by Crippen LogP contribution is -2.15. The van der Waals surface area contributed by atoms with Crippen LogP contribution in [0.3, 0.4) is 0 Å². The first-order chi connectivity index (χ1) is 7.90. The van der Waals surface area contributed by atoms with Gasteiger partial charge in [0.05, 0.1) is 0 Å². The molecule has 0 radical (unpaired) electrons. The molecule has 0 amide bonds. The molecule has 0 fully saturated rings. The molecule has 0 saturated heterocycles. The second kappa shape index (κ2) is 5.47. The first-order valence-electron chi connectivity index (χ1n) is 5.64. The fraction of sp³-hybridized carbons (Fsp3) is 0.308. The fourth-order valence-electron chi connectivity index (χ4n) is 1.70. The predicted octanol–water partition coefficient (Wildman–Crippen LogP) is 2.04. The summed E-state index contributed by atoms with van der Waals surface area (Å²) >= 11 is 0.